The second-order valence-electron chi connectivity index (χ2n) is 3.29. The number of benzene rings is 1. The van der Waals surface area contributed by atoms with Gasteiger partial charge in [0.05, 0.1) is 5.69 Å². The van der Waals surface area contributed by atoms with Gasteiger partial charge in [-0.1, -0.05) is 23.5 Å². The molecule has 2 N–H and O–H groups in total. The van der Waals surface area contributed by atoms with Crippen molar-refractivity contribution in [2.24, 2.45) is 0 Å². The van der Waals surface area contributed by atoms with Gasteiger partial charge in [-0.15, -0.1) is 0 Å². The molecule has 0 aliphatic carbocycles. The normalized spacial score (nSPS) is 13.0. The fraction of sp³-hybridized carbons (Fsp3) is 0.100. The molecular formula is C10H9N3OS. The number of fused-ring (bicyclic) bond motifs is 2. The van der Waals surface area contributed by atoms with Crippen LogP contribution in [0.25, 0.3) is 0 Å². The molecule has 0 bridgehead atoms. The fourth-order valence-electron chi connectivity index (χ4n) is 1.63. The number of nitrogens with zero attached hydrogens (tertiary/aromatic N) is 2. The molecule has 3 rings (SSSR count). The van der Waals surface area contributed by atoms with Crippen LogP contribution < -0.4 is 15.4 Å². The highest BCUT2D eigenvalue weighted by molar-refractivity contribution is 7.17. The van der Waals surface area contributed by atoms with Crippen LogP contribution in [0.1, 0.15) is 0 Å². The van der Waals surface area contributed by atoms with Crippen molar-refractivity contribution < 1.29 is 4.74 Å². The van der Waals surface area contributed by atoms with Gasteiger partial charge >= 0.3 is 0 Å². The van der Waals surface area contributed by atoms with Gasteiger partial charge in [0.15, 0.2) is 16.7 Å². The van der Waals surface area contributed by atoms with Gasteiger partial charge < -0.3 is 15.4 Å². The summed E-state index contributed by atoms with van der Waals surface area (Å²) in [4.78, 5) is 6.22. The number of anilines is 3. The van der Waals surface area contributed by atoms with Crippen molar-refractivity contribution in [3.63, 3.8) is 0 Å². The predicted molar refractivity (Wildman–Crippen MR) is 61.1 cm³/mol. The van der Waals surface area contributed by atoms with E-state index in [1.54, 1.807) is 0 Å². The molecule has 2 heterocycles. The lowest BCUT2D eigenvalue weighted by molar-refractivity contribution is 0.487. The van der Waals surface area contributed by atoms with Gasteiger partial charge in [0.2, 0.25) is 5.06 Å². The Morgan fingerprint density at radius 1 is 1.40 bits per heavy atom. The Morgan fingerprint density at radius 3 is 3.07 bits per heavy atom. The van der Waals surface area contributed by atoms with Crippen LogP contribution in [0.3, 0.4) is 0 Å². The average Bonchev–Trinajstić information content (AvgIpc) is 2.59. The van der Waals surface area contributed by atoms with Crippen molar-refractivity contribution >= 4 is 28.0 Å². The zero-order valence-corrected chi connectivity index (χ0v) is 8.91. The maximum Gasteiger partial charge on any atom is 0.227 e. The standard InChI is InChI=1S/C10H9N3OS/c1-13-6-4-2-3-5-7(6)14-9-8(13)12-10(11)15-9/h2-5H,1H3,(H2,11,12). The Balaban J connectivity index is 2.19. The monoisotopic (exact) mass is 219 g/mol. The van der Waals surface area contributed by atoms with Gasteiger partial charge in [-0.2, -0.15) is 4.98 Å². The van der Waals surface area contributed by atoms with E-state index in [1.807, 2.05) is 36.2 Å². The molecule has 0 unspecified atom stereocenters. The van der Waals surface area contributed by atoms with E-state index in [-0.39, 0.29) is 0 Å². The number of nitrogens with two attached hydrogens (primary N) is 1. The van der Waals surface area contributed by atoms with Crippen LogP contribution in [0.2, 0.25) is 0 Å². The minimum atomic E-state index is 0.527. The number of ether oxygens (including phenoxy) is 1. The first-order valence-electron chi connectivity index (χ1n) is 4.52. The summed E-state index contributed by atoms with van der Waals surface area (Å²) in [5.74, 6) is 1.63. The van der Waals surface area contributed by atoms with Gasteiger partial charge in [-0.25, -0.2) is 0 Å². The largest absolute Gasteiger partial charge is 0.440 e. The first-order chi connectivity index (χ1) is 7.25. The van der Waals surface area contributed by atoms with Gasteiger partial charge in [-0.3, -0.25) is 0 Å². The molecule has 0 radical (unpaired) electrons. The van der Waals surface area contributed by atoms with Crippen molar-refractivity contribution in [3.8, 4) is 10.8 Å². The van der Waals surface area contributed by atoms with E-state index in [1.165, 1.54) is 11.3 Å². The number of rotatable bonds is 0. The third-order valence-electron chi connectivity index (χ3n) is 2.34. The summed E-state index contributed by atoms with van der Waals surface area (Å²) in [6, 6.07) is 7.85. The second kappa shape index (κ2) is 2.87. The minimum absolute atomic E-state index is 0.527. The third-order valence-corrected chi connectivity index (χ3v) is 3.09. The van der Waals surface area contributed by atoms with Crippen LogP contribution in [0, 0.1) is 0 Å². The number of thiazole rings is 1. The molecule has 0 spiro atoms. The highest BCUT2D eigenvalue weighted by atomic mass is 32.1. The first-order valence-corrected chi connectivity index (χ1v) is 5.34. The minimum Gasteiger partial charge on any atom is -0.440 e. The smallest absolute Gasteiger partial charge is 0.227 e. The number of aromatic nitrogens is 1. The molecule has 76 valence electrons. The molecule has 2 aromatic rings. The lowest BCUT2D eigenvalue weighted by Gasteiger charge is -2.25. The number of hydrogen-bond donors (Lipinski definition) is 1. The van der Waals surface area contributed by atoms with Gasteiger partial charge in [0, 0.05) is 7.05 Å². The second-order valence-corrected chi connectivity index (χ2v) is 4.29. The zero-order chi connectivity index (χ0) is 10.4. The maximum absolute atomic E-state index is 5.70. The van der Waals surface area contributed by atoms with Crippen molar-refractivity contribution in [3.05, 3.63) is 24.3 Å². The summed E-state index contributed by atoms with van der Waals surface area (Å²) < 4.78 is 5.70. The molecule has 0 fully saturated rings. The van der Waals surface area contributed by atoms with E-state index in [4.69, 9.17) is 10.5 Å². The Morgan fingerprint density at radius 2 is 2.20 bits per heavy atom. The van der Waals surface area contributed by atoms with Crippen molar-refractivity contribution in [1.82, 2.24) is 4.98 Å². The van der Waals surface area contributed by atoms with Crippen LogP contribution in [-0.2, 0) is 0 Å². The van der Waals surface area contributed by atoms with Crippen molar-refractivity contribution in [2.45, 2.75) is 0 Å². The summed E-state index contributed by atoms with van der Waals surface area (Å²) in [6.45, 7) is 0. The Hall–Kier alpha value is -1.75. The summed E-state index contributed by atoms with van der Waals surface area (Å²) in [7, 11) is 1.96. The molecule has 1 aliphatic rings. The Labute approximate surface area is 90.9 Å². The molecule has 4 nitrogen and oxygen atoms in total. The molecule has 1 aromatic heterocycles. The number of nitrogen functional groups attached to an aromatic ring is 1. The van der Waals surface area contributed by atoms with Gasteiger partial charge in [-0.05, 0) is 12.1 Å². The van der Waals surface area contributed by atoms with E-state index in [0.717, 1.165) is 22.3 Å². The molecule has 0 saturated heterocycles. The van der Waals surface area contributed by atoms with Crippen LogP contribution in [-0.4, -0.2) is 12.0 Å². The number of hydrogen-bond acceptors (Lipinski definition) is 5. The topological polar surface area (TPSA) is 51.4 Å². The summed E-state index contributed by atoms with van der Waals surface area (Å²) in [5, 5.41) is 1.29. The lowest BCUT2D eigenvalue weighted by Crippen LogP contribution is -2.15. The molecule has 0 amide bonds. The SMILES string of the molecule is CN1c2ccccc2Oc2sc(N)nc21. The molecule has 0 atom stereocenters. The van der Waals surface area contributed by atoms with Crippen LogP contribution in [0.5, 0.6) is 10.8 Å². The first kappa shape index (κ1) is 8.55. The fourth-order valence-corrected chi connectivity index (χ4v) is 2.35. The predicted octanol–water partition coefficient (Wildman–Crippen LogP) is 2.60. The van der Waals surface area contributed by atoms with Crippen LogP contribution in [0.15, 0.2) is 24.3 Å². The Bertz CT molecular complexity index is 523. The quantitative estimate of drug-likeness (QED) is 0.740. The van der Waals surface area contributed by atoms with Crippen molar-refractivity contribution in [1.29, 1.82) is 0 Å². The van der Waals surface area contributed by atoms with E-state index in [0.29, 0.717) is 5.13 Å². The van der Waals surface area contributed by atoms with Gasteiger partial charge in [0.1, 0.15) is 0 Å². The highest BCUT2D eigenvalue weighted by Gasteiger charge is 2.24. The highest BCUT2D eigenvalue weighted by Crippen LogP contribution is 2.48. The molecular weight excluding hydrogens is 210 g/mol. The van der Waals surface area contributed by atoms with E-state index < -0.39 is 0 Å². The number of para-hydroxylation sites is 2. The molecule has 1 aliphatic heterocycles. The van der Waals surface area contributed by atoms with Crippen LogP contribution >= 0.6 is 11.3 Å². The summed E-state index contributed by atoms with van der Waals surface area (Å²) in [6.07, 6.45) is 0. The van der Waals surface area contributed by atoms with E-state index in [2.05, 4.69) is 4.98 Å². The van der Waals surface area contributed by atoms with Crippen LogP contribution in [0.4, 0.5) is 16.6 Å². The third kappa shape index (κ3) is 1.16. The lowest BCUT2D eigenvalue weighted by atomic mass is 10.2. The molecule has 0 saturated carbocycles. The average molecular weight is 219 g/mol. The van der Waals surface area contributed by atoms with E-state index >= 15 is 0 Å². The molecule has 5 heteroatoms. The summed E-state index contributed by atoms with van der Waals surface area (Å²) >= 11 is 1.36. The van der Waals surface area contributed by atoms with E-state index in [9.17, 15) is 0 Å². The molecule has 15 heavy (non-hydrogen) atoms. The molecule has 1 aromatic carbocycles. The zero-order valence-electron chi connectivity index (χ0n) is 8.10. The Kier molecular flexibility index (Phi) is 1.63. The summed E-state index contributed by atoms with van der Waals surface area (Å²) in [5.41, 5.74) is 6.67. The maximum atomic E-state index is 5.70. The van der Waals surface area contributed by atoms with Gasteiger partial charge in [0.25, 0.3) is 0 Å². The van der Waals surface area contributed by atoms with Crippen molar-refractivity contribution in [2.75, 3.05) is 17.7 Å².